The molecule has 1 aromatic carbocycles. The number of piperidine rings is 1. The number of aromatic amines is 1. The van der Waals surface area contributed by atoms with Crippen molar-refractivity contribution in [1.82, 2.24) is 15.2 Å². The Bertz CT molecular complexity index is 861. The average molecular weight is 393 g/mol. The fourth-order valence-electron chi connectivity index (χ4n) is 3.22. The summed E-state index contributed by atoms with van der Waals surface area (Å²) in [6.07, 6.45) is 1.89. The molecular weight excluding hydrogens is 371 g/mol. The number of hydrogen-bond acceptors (Lipinski definition) is 4. The van der Waals surface area contributed by atoms with Crippen molar-refractivity contribution >= 4 is 23.3 Å². The van der Waals surface area contributed by atoms with E-state index in [0.717, 1.165) is 38.0 Å². The second kappa shape index (κ2) is 8.54. The number of nitrogens with one attached hydrogen (secondary N) is 2. The van der Waals surface area contributed by atoms with Gasteiger partial charge < -0.3 is 16.0 Å². The van der Waals surface area contributed by atoms with Crippen molar-refractivity contribution in [1.29, 1.82) is 0 Å². The van der Waals surface area contributed by atoms with E-state index in [0.29, 0.717) is 12.5 Å². The number of nitrogens with two attached hydrogens (primary N) is 1. The van der Waals surface area contributed by atoms with Gasteiger partial charge in [0.15, 0.2) is 0 Å². The molecular formula is C19H22ClFN4O2. The minimum absolute atomic E-state index is 0.0389. The van der Waals surface area contributed by atoms with E-state index in [1.165, 1.54) is 18.2 Å². The molecule has 1 amide bonds. The van der Waals surface area contributed by atoms with Crippen molar-refractivity contribution in [2.24, 2.45) is 5.92 Å². The highest BCUT2D eigenvalue weighted by Crippen LogP contribution is 2.19. The monoisotopic (exact) mass is 392 g/mol. The Morgan fingerprint density at radius 1 is 1.30 bits per heavy atom. The molecule has 1 fully saturated rings. The zero-order valence-corrected chi connectivity index (χ0v) is 15.6. The summed E-state index contributed by atoms with van der Waals surface area (Å²) in [7, 11) is 0. The van der Waals surface area contributed by atoms with Crippen molar-refractivity contribution in [3.8, 4) is 0 Å². The Labute approximate surface area is 161 Å². The van der Waals surface area contributed by atoms with Gasteiger partial charge in [-0.25, -0.2) is 4.39 Å². The van der Waals surface area contributed by atoms with Crippen LogP contribution in [0.4, 0.5) is 10.2 Å². The van der Waals surface area contributed by atoms with Crippen molar-refractivity contribution in [2.75, 3.05) is 25.4 Å². The first-order chi connectivity index (χ1) is 12.9. The number of likely N-dealkylation sites (tertiary alicyclic amines) is 1. The van der Waals surface area contributed by atoms with E-state index in [9.17, 15) is 14.0 Å². The lowest BCUT2D eigenvalue weighted by atomic mass is 9.96. The molecule has 8 heteroatoms. The van der Waals surface area contributed by atoms with E-state index >= 15 is 0 Å². The third kappa shape index (κ3) is 5.08. The number of benzene rings is 1. The van der Waals surface area contributed by atoms with Crippen LogP contribution in [0, 0.1) is 11.7 Å². The quantitative estimate of drug-likeness (QED) is 0.728. The van der Waals surface area contributed by atoms with Gasteiger partial charge in [0, 0.05) is 13.1 Å². The van der Waals surface area contributed by atoms with Crippen LogP contribution in [0.15, 0.2) is 35.1 Å². The predicted molar refractivity (Wildman–Crippen MR) is 103 cm³/mol. The van der Waals surface area contributed by atoms with Gasteiger partial charge in [-0.05, 0) is 55.6 Å². The number of carbonyl (C=O) groups is 1. The molecule has 0 bridgehead atoms. The lowest BCUT2D eigenvalue weighted by Gasteiger charge is -2.32. The van der Waals surface area contributed by atoms with E-state index in [-0.39, 0.29) is 22.2 Å². The summed E-state index contributed by atoms with van der Waals surface area (Å²) in [6, 6.07) is 7.84. The van der Waals surface area contributed by atoms with E-state index in [1.807, 2.05) is 0 Å². The number of H-pyrrole nitrogens is 1. The second-order valence-electron chi connectivity index (χ2n) is 6.83. The Balaban J connectivity index is 1.47. The van der Waals surface area contributed by atoms with Crippen LogP contribution >= 0.6 is 11.6 Å². The normalized spacial score (nSPS) is 15.6. The number of nitrogen functional groups attached to an aromatic ring is 1. The Morgan fingerprint density at radius 3 is 2.63 bits per heavy atom. The number of carbonyl (C=O) groups excluding carboxylic acids is 1. The van der Waals surface area contributed by atoms with Crippen molar-refractivity contribution < 1.29 is 9.18 Å². The summed E-state index contributed by atoms with van der Waals surface area (Å²) in [5, 5.41) is 2.96. The number of halogens is 2. The molecule has 144 valence electrons. The number of aromatic nitrogens is 1. The lowest BCUT2D eigenvalue weighted by molar-refractivity contribution is 0.0933. The molecule has 6 nitrogen and oxygen atoms in total. The van der Waals surface area contributed by atoms with Crippen LogP contribution in [0.25, 0.3) is 0 Å². The molecule has 1 aliphatic heterocycles. The van der Waals surface area contributed by atoms with E-state index in [4.69, 9.17) is 17.3 Å². The first kappa shape index (κ1) is 19.4. The minimum atomic E-state index is -0.552. The zero-order chi connectivity index (χ0) is 19.4. The highest BCUT2D eigenvalue weighted by atomic mass is 35.5. The van der Waals surface area contributed by atoms with Crippen LogP contribution in [0.1, 0.15) is 28.8 Å². The van der Waals surface area contributed by atoms with Crippen LogP contribution in [-0.4, -0.2) is 35.4 Å². The average Bonchev–Trinajstić information content (AvgIpc) is 2.66. The maximum Gasteiger partial charge on any atom is 0.262 e. The summed E-state index contributed by atoms with van der Waals surface area (Å²) in [5.41, 5.74) is 6.01. The summed E-state index contributed by atoms with van der Waals surface area (Å²) in [4.78, 5) is 28.7. The largest absolute Gasteiger partial charge is 0.384 e. The first-order valence-corrected chi connectivity index (χ1v) is 9.23. The van der Waals surface area contributed by atoms with Gasteiger partial charge in [0.2, 0.25) is 0 Å². The van der Waals surface area contributed by atoms with Crippen LogP contribution in [0.3, 0.4) is 0 Å². The van der Waals surface area contributed by atoms with Crippen LogP contribution in [0.2, 0.25) is 5.02 Å². The lowest BCUT2D eigenvalue weighted by Crippen LogP contribution is -2.39. The Morgan fingerprint density at radius 2 is 1.96 bits per heavy atom. The van der Waals surface area contributed by atoms with Crippen LogP contribution in [0.5, 0.6) is 0 Å². The van der Waals surface area contributed by atoms with Crippen LogP contribution in [-0.2, 0) is 6.54 Å². The van der Waals surface area contributed by atoms with Gasteiger partial charge in [-0.2, -0.15) is 0 Å². The molecule has 0 saturated carbocycles. The summed E-state index contributed by atoms with van der Waals surface area (Å²) in [5.74, 6) is -0.283. The molecule has 1 aliphatic rings. The Hall–Kier alpha value is -2.38. The second-order valence-corrected chi connectivity index (χ2v) is 7.24. The maximum atomic E-state index is 13.0. The molecule has 1 aromatic heterocycles. The molecule has 0 aliphatic carbocycles. The van der Waals surface area contributed by atoms with E-state index in [1.54, 1.807) is 12.1 Å². The van der Waals surface area contributed by atoms with Crippen molar-refractivity contribution in [3.63, 3.8) is 0 Å². The molecule has 3 rings (SSSR count). The molecule has 0 radical (unpaired) electrons. The molecule has 0 spiro atoms. The molecule has 2 aromatic rings. The fraction of sp³-hybridized carbons (Fsp3) is 0.368. The van der Waals surface area contributed by atoms with E-state index < -0.39 is 11.5 Å². The Kier molecular flexibility index (Phi) is 6.13. The maximum absolute atomic E-state index is 13.0. The summed E-state index contributed by atoms with van der Waals surface area (Å²) < 4.78 is 13.0. The van der Waals surface area contributed by atoms with Gasteiger partial charge in [-0.3, -0.25) is 14.5 Å². The highest BCUT2D eigenvalue weighted by molar-refractivity contribution is 6.33. The number of pyridine rings is 1. The molecule has 27 heavy (non-hydrogen) atoms. The molecule has 2 heterocycles. The first-order valence-electron chi connectivity index (χ1n) is 8.85. The molecule has 4 N–H and O–H groups in total. The van der Waals surface area contributed by atoms with Gasteiger partial charge in [-0.15, -0.1) is 0 Å². The summed E-state index contributed by atoms with van der Waals surface area (Å²) in [6.45, 7) is 3.11. The van der Waals surface area contributed by atoms with E-state index in [2.05, 4.69) is 15.2 Å². The SMILES string of the molecule is Nc1[nH]c(=O)c(C(=O)NCC2CCN(Cc3ccc(F)cc3)CC2)cc1Cl. The fourth-order valence-corrected chi connectivity index (χ4v) is 3.37. The number of rotatable bonds is 5. The van der Waals surface area contributed by atoms with Gasteiger partial charge in [0.05, 0.1) is 5.02 Å². The van der Waals surface area contributed by atoms with Crippen molar-refractivity contribution in [2.45, 2.75) is 19.4 Å². The summed E-state index contributed by atoms with van der Waals surface area (Å²) >= 11 is 5.87. The molecule has 0 unspecified atom stereocenters. The smallest absolute Gasteiger partial charge is 0.262 e. The topological polar surface area (TPSA) is 91.2 Å². The predicted octanol–water partition coefficient (Wildman–Crippen LogP) is 2.39. The molecule has 0 atom stereocenters. The zero-order valence-electron chi connectivity index (χ0n) is 14.8. The van der Waals surface area contributed by atoms with Gasteiger partial charge in [0.1, 0.15) is 17.2 Å². The van der Waals surface area contributed by atoms with Gasteiger partial charge >= 0.3 is 0 Å². The number of amides is 1. The van der Waals surface area contributed by atoms with Crippen LogP contribution < -0.4 is 16.6 Å². The number of anilines is 1. The number of nitrogens with zero attached hydrogens (tertiary/aromatic N) is 1. The third-order valence-electron chi connectivity index (χ3n) is 4.84. The standard InChI is InChI=1S/C19H22ClFN4O2/c20-16-9-15(19(27)24-17(16)22)18(26)23-10-12-5-7-25(8-6-12)11-13-1-3-14(21)4-2-13/h1-4,9,12H,5-8,10-11H2,(H,23,26)(H3,22,24,27). The minimum Gasteiger partial charge on any atom is -0.384 e. The molecule has 1 saturated heterocycles. The van der Waals surface area contributed by atoms with Gasteiger partial charge in [0.25, 0.3) is 11.5 Å². The third-order valence-corrected chi connectivity index (χ3v) is 5.16. The van der Waals surface area contributed by atoms with Gasteiger partial charge in [-0.1, -0.05) is 23.7 Å². The highest BCUT2D eigenvalue weighted by Gasteiger charge is 2.21. The number of hydrogen-bond donors (Lipinski definition) is 3. The van der Waals surface area contributed by atoms with Crippen molar-refractivity contribution in [3.05, 3.63) is 62.7 Å².